The highest BCUT2D eigenvalue weighted by Crippen LogP contribution is 2.05. The molecule has 2 rings (SSSR count). The lowest BCUT2D eigenvalue weighted by atomic mass is 10.2. The molecule has 0 aliphatic heterocycles. The van der Waals surface area contributed by atoms with Gasteiger partial charge in [0.25, 0.3) is 0 Å². The summed E-state index contributed by atoms with van der Waals surface area (Å²) in [6.45, 7) is 0. The van der Waals surface area contributed by atoms with Crippen LogP contribution in [0.2, 0.25) is 0 Å². The maximum absolute atomic E-state index is 9.99. The normalized spacial score (nSPS) is 11.2. The fourth-order valence-electron chi connectivity index (χ4n) is 1.47. The van der Waals surface area contributed by atoms with Gasteiger partial charge in [0.15, 0.2) is 6.20 Å². The van der Waals surface area contributed by atoms with Crippen molar-refractivity contribution >= 4 is 22.8 Å². The van der Waals surface area contributed by atoms with Gasteiger partial charge in [-0.1, -0.05) is 12.1 Å². The fourth-order valence-corrected chi connectivity index (χ4v) is 1.47. The molecule has 0 saturated carbocycles. The molecule has 0 unspecified atom stereocenters. The van der Waals surface area contributed by atoms with E-state index in [2.05, 4.69) is 23.2 Å². The van der Waals surface area contributed by atoms with Crippen LogP contribution < -0.4 is 10.7 Å². The summed E-state index contributed by atoms with van der Waals surface area (Å²) < 4.78 is 0. The second-order valence-electron chi connectivity index (χ2n) is 4.13. The van der Waals surface area contributed by atoms with Gasteiger partial charge in [-0.25, -0.2) is 4.98 Å². The van der Waals surface area contributed by atoms with Crippen molar-refractivity contribution in [1.82, 2.24) is 0 Å². The lowest BCUT2D eigenvalue weighted by Gasteiger charge is -2.01. The summed E-state index contributed by atoms with van der Waals surface area (Å²) in [5.74, 6) is -2.20. The maximum atomic E-state index is 9.99. The molecule has 6 nitrogen and oxygen atoms in total. The second kappa shape index (κ2) is 7.85. The molecule has 1 aromatic heterocycles. The number of aromatic nitrogens is 1. The van der Waals surface area contributed by atoms with Crippen molar-refractivity contribution in [2.75, 3.05) is 0 Å². The Labute approximate surface area is 115 Å². The minimum Gasteiger partial charge on any atom is -0.481 e. The highest BCUT2D eigenvalue weighted by molar-refractivity contribution is 5.75. The topological polar surface area (TPSA) is 115 Å². The molecular weight excluding hydrogens is 260 g/mol. The molecule has 1 aromatic carbocycles. The minimum atomic E-state index is -1.17. The second-order valence-corrected chi connectivity index (χ2v) is 4.13. The molecule has 0 aliphatic carbocycles. The number of rotatable bonds is 4. The number of pyridine rings is 1. The van der Waals surface area contributed by atoms with E-state index < -0.39 is 18.0 Å². The van der Waals surface area contributed by atoms with Crippen molar-refractivity contribution in [2.24, 2.45) is 5.73 Å². The highest BCUT2D eigenvalue weighted by Gasteiger charge is 2.12. The lowest BCUT2D eigenvalue weighted by molar-refractivity contribution is -0.344. The smallest absolute Gasteiger partial charge is 0.320 e. The third kappa shape index (κ3) is 5.45. The third-order valence-electron chi connectivity index (χ3n) is 2.56. The highest BCUT2D eigenvalue weighted by atomic mass is 16.4. The van der Waals surface area contributed by atoms with Crippen LogP contribution in [0.4, 0.5) is 0 Å². The Bertz CT molecular complexity index is 521. The van der Waals surface area contributed by atoms with Crippen LogP contribution in [0.3, 0.4) is 0 Å². The third-order valence-corrected chi connectivity index (χ3v) is 2.56. The van der Waals surface area contributed by atoms with E-state index in [0.717, 1.165) is 0 Å². The molecule has 0 fully saturated rings. The van der Waals surface area contributed by atoms with Crippen molar-refractivity contribution in [3.05, 3.63) is 42.6 Å². The first kappa shape index (κ1) is 15.6. The summed E-state index contributed by atoms with van der Waals surface area (Å²) in [5.41, 5.74) is 6.19. The quantitative estimate of drug-likeness (QED) is 0.768. The first-order valence-corrected chi connectivity index (χ1v) is 6.06. The van der Waals surface area contributed by atoms with Gasteiger partial charge in [0.05, 0.1) is 0 Å². The summed E-state index contributed by atoms with van der Waals surface area (Å²) >= 11 is 0. The van der Waals surface area contributed by atoms with Crippen molar-refractivity contribution in [1.29, 1.82) is 0 Å². The fraction of sp³-hybridized carbons (Fsp3) is 0.214. The zero-order valence-corrected chi connectivity index (χ0v) is 10.8. The Kier molecular flexibility index (Phi) is 6.12. The predicted molar refractivity (Wildman–Crippen MR) is 73.0 cm³/mol. The van der Waals surface area contributed by atoms with Crippen LogP contribution in [-0.4, -0.2) is 28.2 Å². The number of carboxylic acids is 2. The molecule has 6 heteroatoms. The van der Waals surface area contributed by atoms with Crippen LogP contribution in [0.1, 0.15) is 12.8 Å². The van der Waals surface area contributed by atoms with Gasteiger partial charge in [0.2, 0.25) is 5.52 Å². The van der Waals surface area contributed by atoms with Crippen LogP contribution in [0.25, 0.3) is 10.9 Å². The Morgan fingerprint density at radius 1 is 1.15 bits per heavy atom. The largest absolute Gasteiger partial charge is 0.481 e. The number of nitrogens with two attached hydrogens (primary N) is 1. The Hall–Kier alpha value is -2.47. The van der Waals surface area contributed by atoms with E-state index in [4.69, 9.17) is 15.9 Å². The molecule has 0 radical (unpaired) electrons. The number of H-pyrrole nitrogens is 1. The number of nitrogens with one attached hydrogen (secondary N) is 1. The molecule has 0 aliphatic rings. The summed E-state index contributed by atoms with van der Waals surface area (Å²) in [4.78, 5) is 23.0. The van der Waals surface area contributed by atoms with Crippen LogP contribution in [0, 0.1) is 0 Å². The van der Waals surface area contributed by atoms with Crippen LogP contribution in [0.15, 0.2) is 42.6 Å². The number of hydrogen-bond acceptors (Lipinski definition) is 3. The maximum Gasteiger partial charge on any atom is 0.320 e. The number of aromatic amines is 1. The molecule has 20 heavy (non-hydrogen) atoms. The minimum absolute atomic E-state index is 0.0231. The molecule has 1 heterocycles. The number of para-hydroxylation sites is 1. The Morgan fingerprint density at radius 3 is 2.40 bits per heavy atom. The number of aliphatic carboxylic acids is 2. The van der Waals surface area contributed by atoms with E-state index in [1.807, 2.05) is 24.4 Å². The lowest BCUT2D eigenvalue weighted by Crippen LogP contribution is -2.30. The first-order valence-electron chi connectivity index (χ1n) is 6.06. The van der Waals surface area contributed by atoms with E-state index in [1.54, 1.807) is 0 Å². The average Bonchev–Trinajstić information content (AvgIpc) is 2.45. The molecule has 5 N–H and O–H groups in total. The Morgan fingerprint density at radius 2 is 1.80 bits per heavy atom. The van der Waals surface area contributed by atoms with E-state index in [0.29, 0.717) is 0 Å². The van der Waals surface area contributed by atoms with Gasteiger partial charge in [0, 0.05) is 23.9 Å². The standard InChI is InChI=1S/C9H7N.C5H9NO4/c1-2-6-9-8(4-1)5-3-7-10-9;6-3(5(9)10)1-2-4(7)8/h1-7H;3H,1-2,6H2,(H,7,8)(H,9,10)/p+1/t;3-/m.0/s1. The van der Waals surface area contributed by atoms with Gasteiger partial charge in [-0.2, -0.15) is 0 Å². The molecule has 2 aromatic rings. The van der Waals surface area contributed by atoms with Gasteiger partial charge >= 0.3 is 11.9 Å². The monoisotopic (exact) mass is 277 g/mol. The van der Waals surface area contributed by atoms with E-state index in [1.165, 1.54) is 10.9 Å². The van der Waals surface area contributed by atoms with E-state index >= 15 is 0 Å². The molecule has 0 bridgehead atoms. The first-order chi connectivity index (χ1) is 9.50. The van der Waals surface area contributed by atoms with Gasteiger partial charge in [0.1, 0.15) is 6.04 Å². The molecule has 1 atom stereocenters. The number of hydrogen-bond donors (Lipinski definition) is 3. The molecule has 106 valence electrons. The number of carbonyl (C=O) groups is 2. The van der Waals surface area contributed by atoms with Gasteiger partial charge in [-0.3, -0.25) is 9.59 Å². The summed E-state index contributed by atoms with van der Waals surface area (Å²) in [5, 5.41) is 17.5. The number of benzene rings is 1. The van der Waals surface area contributed by atoms with Gasteiger partial charge < -0.3 is 15.9 Å². The molecular formula is C14H17N2O4+. The number of fused-ring (bicyclic) bond motifs is 1. The zero-order chi connectivity index (χ0) is 15.0. The molecule has 0 saturated heterocycles. The molecule has 0 amide bonds. The summed E-state index contributed by atoms with van der Waals surface area (Å²) in [7, 11) is 0. The van der Waals surface area contributed by atoms with E-state index in [-0.39, 0.29) is 12.8 Å². The van der Waals surface area contributed by atoms with Crippen molar-refractivity contribution in [3.63, 3.8) is 0 Å². The summed E-state index contributed by atoms with van der Waals surface area (Å²) in [6.07, 6.45) is 1.71. The zero-order valence-electron chi connectivity index (χ0n) is 10.8. The molecule has 0 spiro atoms. The van der Waals surface area contributed by atoms with Gasteiger partial charge in [-0.15, -0.1) is 0 Å². The van der Waals surface area contributed by atoms with Crippen molar-refractivity contribution < 1.29 is 24.8 Å². The summed E-state index contributed by atoms with van der Waals surface area (Å²) in [6, 6.07) is 11.3. The Balaban J connectivity index is 0.000000200. The predicted octanol–water partition coefficient (Wildman–Crippen LogP) is 0.917. The van der Waals surface area contributed by atoms with Crippen LogP contribution in [0.5, 0.6) is 0 Å². The number of carboxylic acid groups (broad SMARTS) is 2. The average molecular weight is 277 g/mol. The van der Waals surface area contributed by atoms with Crippen molar-refractivity contribution in [2.45, 2.75) is 18.9 Å². The van der Waals surface area contributed by atoms with Crippen LogP contribution >= 0.6 is 0 Å². The van der Waals surface area contributed by atoms with Gasteiger partial charge in [-0.05, 0) is 18.6 Å². The van der Waals surface area contributed by atoms with E-state index in [9.17, 15) is 9.59 Å². The van der Waals surface area contributed by atoms with Crippen molar-refractivity contribution in [3.8, 4) is 0 Å². The van der Waals surface area contributed by atoms with Crippen LogP contribution in [-0.2, 0) is 9.59 Å². The SMILES string of the molecule is N[C@@H](CCC(=O)O)C(=O)O.c1ccc2[nH+]cccc2c1.